The molecule has 0 bridgehead atoms. The Bertz CT molecular complexity index is 1410. The van der Waals surface area contributed by atoms with Crippen molar-refractivity contribution in [2.75, 3.05) is 0 Å². The van der Waals surface area contributed by atoms with E-state index < -0.39 is 29.7 Å². The molecule has 11 nitrogen and oxygen atoms in total. The van der Waals surface area contributed by atoms with Crippen LogP contribution in [0.15, 0.2) is 48.9 Å². The zero-order valence-corrected chi connectivity index (χ0v) is 20.9. The van der Waals surface area contributed by atoms with E-state index in [1.54, 1.807) is 18.3 Å². The maximum atomic E-state index is 14.5. The molecule has 0 fully saturated rings. The van der Waals surface area contributed by atoms with E-state index in [1.807, 2.05) is 6.07 Å². The summed E-state index contributed by atoms with van der Waals surface area (Å²) in [5.74, 6) is -1.10. The molecule has 0 radical (unpaired) electrons. The predicted octanol–water partition coefficient (Wildman–Crippen LogP) is 2.77. The summed E-state index contributed by atoms with van der Waals surface area (Å²) in [6, 6.07) is 7.01. The third-order valence-corrected chi connectivity index (χ3v) is 6.20. The first-order valence-corrected chi connectivity index (χ1v) is 12.3. The first-order chi connectivity index (χ1) is 18.7. The Balaban J connectivity index is 1.21. The molecule has 204 valence electrons. The molecule has 16 heteroatoms. The molecule has 0 aliphatic carbocycles. The minimum absolute atomic E-state index is 0.0138. The highest BCUT2D eigenvalue weighted by atomic mass is 32.1. The molecule has 0 saturated heterocycles. The number of aryl methyl sites for hydroxylation is 1. The van der Waals surface area contributed by atoms with Crippen molar-refractivity contribution in [1.29, 1.82) is 0 Å². The molecular formula is C23H21F4N9O2S. The van der Waals surface area contributed by atoms with Crippen LogP contribution in [0.5, 0.6) is 0 Å². The van der Waals surface area contributed by atoms with Crippen molar-refractivity contribution in [3.63, 3.8) is 0 Å². The van der Waals surface area contributed by atoms with Crippen LogP contribution in [0.1, 0.15) is 48.7 Å². The number of rotatable bonds is 11. The van der Waals surface area contributed by atoms with Gasteiger partial charge in [-0.2, -0.15) is 13.2 Å². The van der Waals surface area contributed by atoms with E-state index in [4.69, 9.17) is 0 Å². The van der Waals surface area contributed by atoms with Crippen LogP contribution in [0.4, 0.5) is 17.6 Å². The Hall–Kier alpha value is -4.34. The van der Waals surface area contributed by atoms with Gasteiger partial charge in [-0.1, -0.05) is 22.6 Å². The lowest BCUT2D eigenvalue weighted by atomic mass is 10.2. The van der Waals surface area contributed by atoms with Gasteiger partial charge in [0, 0.05) is 18.8 Å². The number of alkyl halides is 4. The number of hydrogen-bond acceptors (Lipinski definition) is 9. The van der Waals surface area contributed by atoms with Gasteiger partial charge in [0.15, 0.2) is 5.69 Å². The Morgan fingerprint density at radius 3 is 2.51 bits per heavy atom. The van der Waals surface area contributed by atoms with Crippen LogP contribution in [-0.4, -0.2) is 53.1 Å². The van der Waals surface area contributed by atoms with Crippen molar-refractivity contribution < 1.29 is 27.2 Å². The predicted molar refractivity (Wildman–Crippen MR) is 129 cm³/mol. The fraction of sp³-hybridized carbons (Fsp3) is 0.304. The van der Waals surface area contributed by atoms with Gasteiger partial charge in [-0.05, 0) is 30.7 Å². The Labute approximate surface area is 222 Å². The van der Waals surface area contributed by atoms with E-state index in [2.05, 4.69) is 41.1 Å². The molecule has 4 aromatic rings. The number of pyridine rings is 2. The quantitative estimate of drug-likeness (QED) is 0.266. The summed E-state index contributed by atoms with van der Waals surface area (Å²) in [5.41, 5.74) is -0.299. The fourth-order valence-electron chi connectivity index (χ4n) is 3.27. The lowest BCUT2D eigenvalue weighted by Gasteiger charge is -2.08. The third kappa shape index (κ3) is 8.07. The number of carbonyl (C=O) groups excluding carboxylic acids is 2. The van der Waals surface area contributed by atoms with Crippen LogP contribution in [-0.2, 0) is 32.2 Å². The van der Waals surface area contributed by atoms with Crippen LogP contribution < -0.4 is 10.6 Å². The number of halogens is 4. The highest BCUT2D eigenvalue weighted by molar-refractivity contribution is 7.13. The SMILES string of the molecule is O=C(NCc1cc(C(F)(F)F)ccn1)c1cn(CC(F)CCc2nnc(C(=O)NCc3ccccn3)s2)nn1. The van der Waals surface area contributed by atoms with Crippen molar-refractivity contribution in [1.82, 2.24) is 45.8 Å². The molecular weight excluding hydrogens is 542 g/mol. The zero-order valence-electron chi connectivity index (χ0n) is 20.1. The number of hydrogen-bond donors (Lipinski definition) is 2. The van der Waals surface area contributed by atoms with Crippen LogP contribution in [0.2, 0.25) is 0 Å². The van der Waals surface area contributed by atoms with Gasteiger partial charge in [0.25, 0.3) is 11.8 Å². The number of carbonyl (C=O) groups is 2. The summed E-state index contributed by atoms with van der Waals surface area (Å²) < 4.78 is 54.1. The van der Waals surface area contributed by atoms with E-state index in [-0.39, 0.29) is 48.9 Å². The highest BCUT2D eigenvalue weighted by Crippen LogP contribution is 2.29. The van der Waals surface area contributed by atoms with E-state index >= 15 is 0 Å². The molecule has 0 saturated carbocycles. The Morgan fingerprint density at radius 1 is 0.974 bits per heavy atom. The van der Waals surface area contributed by atoms with Gasteiger partial charge in [0.05, 0.1) is 42.8 Å². The zero-order chi connectivity index (χ0) is 27.8. The molecule has 0 aliphatic rings. The molecule has 39 heavy (non-hydrogen) atoms. The van der Waals surface area contributed by atoms with Gasteiger partial charge < -0.3 is 10.6 Å². The van der Waals surface area contributed by atoms with E-state index in [0.717, 1.165) is 34.3 Å². The minimum Gasteiger partial charge on any atom is -0.345 e. The van der Waals surface area contributed by atoms with Gasteiger partial charge in [-0.3, -0.25) is 19.6 Å². The number of nitrogens with one attached hydrogen (secondary N) is 2. The van der Waals surface area contributed by atoms with Crippen molar-refractivity contribution in [3.8, 4) is 0 Å². The average Bonchev–Trinajstić information content (AvgIpc) is 3.60. The summed E-state index contributed by atoms with van der Waals surface area (Å²) in [7, 11) is 0. The van der Waals surface area contributed by atoms with E-state index in [9.17, 15) is 27.2 Å². The third-order valence-electron chi connectivity index (χ3n) is 5.22. The second kappa shape index (κ2) is 12.5. The van der Waals surface area contributed by atoms with E-state index in [0.29, 0.717) is 10.7 Å². The Morgan fingerprint density at radius 2 is 1.74 bits per heavy atom. The van der Waals surface area contributed by atoms with Crippen LogP contribution in [0.3, 0.4) is 0 Å². The molecule has 4 rings (SSSR count). The summed E-state index contributed by atoms with van der Waals surface area (Å²) in [6.07, 6.45) is -1.73. The van der Waals surface area contributed by atoms with Crippen LogP contribution in [0.25, 0.3) is 0 Å². The Kier molecular flexibility index (Phi) is 8.85. The fourth-order valence-corrected chi connectivity index (χ4v) is 4.05. The first-order valence-electron chi connectivity index (χ1n) is 11.5. The van der Waals surface area contributed by atoms with Gasteiger partial charge in [-0.15, -0.1) is 15.3 Å². The molecule has 0 aromatic carbocycles. The summed E-state index contributed by atoms with van der Waals surface area (Å²) in [6.45, 7) is -0.209. The molecule has 2 N–H and O–H groups in total. The molecule has 1 atom stereocenters. The van der Waals surface area contributed by atoms with Crippen LogP contribution >= 0.6 is 11.3 Å². The number of nitrogens with zero attached hydrogens (tertiary/aromatic N) is 7. The second-order valence-corrected chi connectivity index (χ2v) is 9.24. The molecule has 0 aliphatic heterocycles. The lowest BCUT2D eigenvalue weighted by Crippen LogP contribution is -2.24. The molecule has 4 heterocycles. The topological polar surface area (TPSA) is 140 Å². The number of aromatic nitrogens is 7. The van der Waals surface area contributed by atoms with Gasteiger partial charge in [-0.25, -0.2) is 9.07 Å². The molecule has 1 unspecified atom stereocenters. The average molecular weight is 564 g/mol. The van der Waals surface area contributed by atoms with Crippen molar-refractivity contribution in [3.05, 3.63) is 81.6 Å². The summed E-state index contributed by atoms with van der Waals surface area (Å²) in [4.78, 5) is 32.4. The maximum absolute atomic E-state index is 14.5. The van der Waals surface area contributed by atoms with Crippen molar-refractivity contribution in [2.24, 2.45) is 0 Å². The summed E-state index contributed by atoms with van der Waals surface area (Å²) in [5, 5.41) is 20.9. The minimum atomic E-state index is -4.53. The maximum Gasteiger partial charge on any atom is 0.416 e. The normalized spacial score (nSPS) is 12.2. The molecule has 2 amide bonds. The lowest BCUT2D eigenvalue weighted by molar-refractivity contribution is -0.137. The van der Waals surface area contributed by atoms with Crippen molar-refractivity contribution in [2.45, 2.75) is 44.8 Å². The standard InChI is InChI=1S/C23H21F4N9O2S/c24-15(4-5-19-33-34-22(39-19)21(38)31-10-16-3-1-2-7-28-16)12-36-13-18(32-35-36)20(37)30-11-17-9-14(6-8-29-17)23(25,26)27/h1-3,6-9,13,15H,4-5,10-12H2,(H,30,37)(H,31,38). The molecule has 4 aromatic heterocycles. The van der Waals surface area contributed by atoms with E-state index in [1.165, 1.54) is 6.20 Å². The highest BCUT2D eigenvalue weighted by Gasteiger charge is 2.30. The van der Waals surface area contributed by atoms with Crippen LogP contribution in [0, 0.1) is 0 Å². The van der Waals surface area contributed by atoms with Gasteiger partial charge >= 0.3 is 6.18 Å². The monoisotopic (exact) mass is 563 g/mol. The largest absolute Gasteiger partial charge is 0.416 e. The van der Waals surface area contributed by atoms with Gasteiger partial charge in [0.2, 0.25) is 5.01 Å². The smallest absolute Gasteiger partial charge is 0.345 e. The van der Waals surface area contributed by atoms with Gasteiger partial charge in [0.1, 0.15) is 11.2 Å². The first kappa shape index (κ1) is 27.7. The number of amides is 2. The summed E-state index contributed by atoms with van der Waals surface area (Å²) >= 11 is 1.06. The second-order valence-electron chi connectivity index (χ2n) is 8.18. The van der Waals surface area contributed by atoms with Crippen molar-refractivity contribution >= 4 is 23.2 Å². The molecule has 0 spiro atoms.